The van der Waals surface area contributed by atoms with Crippen molar-refractivity contribution in [2.24, 2.45) is 5.73 Å². The van der Waals surface area contributed by atoms with Crippen LogP contribution in [0.25, 0.3) is 0 Å². The van der Waals surface area contributed by atoms with Crippen LogP contribution in [0, 0.1) is 0 Å². The van der Waals surface area contributed by atoms with Crippen molar-refractivity contribution >= 4 is 29.3 Å². The Morgan fingerprint density at radius 1 is 1.45 bits per heavy atom. The number of hydrogen-bond donors (Lipinski definition) is 2. The lowest BCUT2D eigenvalue weighted by Crippen LogP contribution is -2.20. The summed E-state index contributed by atoms with van der Waals surface area (Å²) in [6.45, 7) is -0.187. The number of thioether (sulfide) groups is 1. The second-order valence-electron chi connectivity index (χ2n) is 4.12. The molecule has 0 unspecified atom stereocenters. The van der Waals surface area contributed by atoms with Gasteiger partial charge in [-0.2, -0.15) is 0 Å². The third-order valence-corrected chi connectivity index (χ3v) is 4.10. The highest BCUT2D eigenvalue weighted by atomic mass is 35.5. The van der Waals surface area contributed by atoms with Gasteiger partial charge >= 0.3 is 0 Å². The Labute approximate surface area is 125 Å². The highest BCUT2D eigenvalue weighted by molar-refractivity contribution is 7.98. The molecule has 1 aromatic carbocycles. The minimum atomic E-state index is -0.475. The van der Waals surface area contributed by atoms with Gasteiger partial charge in [0.1, 0.15) is 6.54 Å². The number of carbonyl (C=O) groups excluding carboxylic acids is 1. The van der Waals surface area contributed by atoms with E-state index in [9.17, 15) is 9.90 Å². The first-order valence-electron chi connectivity index (χ1n) is 5.91. The summed E-state index contributed by atoms with van der Waals surface area (Å²) in [6, 6.07) is 7.54. The van der Waals surface area contributed by atoms with Gasteiger partial charge in [0.05, 0.1) is 18.5 Å². The number of primary amides is 1. The number of carbonyl (C=O) groups is 1. The quantitative estimate of drug-likeness (QED) is 0.797. The van der Waals surface area contributed by atoms with Crippen molar-refractivity contribution in [2.75, 3.05) is 0 Å². The Morgan fingerprint density at radius 2 is 2.20 bits per heavy atom. The van der Waals surface area contributed by atoms with Crippen LogP contribution in [0.1, 0.15) is 11.3 Å². The van der Waals surface area contributed by atoms with Crippen molar-refractivity contribution in [1.29, 1.82) is 0 Å². The Balaban J connectivity index is 2.15. The van der Waals surface area contributed by atoms with E-state index in [0.717, 1.165) is 5.56 Å². The molecule has 7 heteroatoms. The van der Waals surface area contributed by atoms with Crippen molar-refractivity contribution in [3.63, 3.8) is 0 Å². The lowest BCUT2D eigenvalue weighted by molar-refractivity contribution is -0.118. The maximum atomic E-state index is 11.1. The van der Waals surface area contributed by atoms with Gasteiger partial charge in [0, 0.05) is 10.8 Å². The normalized spacial score (nSPS) is 10.7. The summed E-state index contributed by atoms with van der Waals surface area (Å²) in [4.78, 5) is 15.3. The molecule has 1 heterocycles. The third-order valence-electron chi connectivity index (χ3n) is 2.69. The molecule has 0 saturated heterocycles. The van der Waals surface area contributed by atoms with Crippen LogP contribution in [-0.4, -0.2) is 20.6 Å². The zero-order valence-corrected chi connectivity index (χ0v) is 12.2. The molecule has 0 bridgehead atoms. The van der Waals surface area contributed by atoms with E-state index in [0.29, 0.717) is 21.6 Å². The first-order chi connectivity index (χ1) is 9.61. The molecule has 20 heavy (non-hydrogen) atoms. The monoisotopic (exact) mass is 311 g/mol. The summed E-state index contributed by atoms with van der Waals surface area (Å²) in [5, 5.41) is 10.6. The number of nitrogens with two attached hydrogens (primary N) is 1. The van der Waals surface area contributed by atoms with Crippen molar-refractivity contribution in [3.05, 3.63) is 46.7 Å². The zero-order valence-electron chi connectivity index (χ0n) is 10.6. The van der Waals surface area contributed by atoms with E-state index in [1.54, 1.807) is 4.57 Å². The Kier molecular flexibility index (Phi) is 5.05. The third kappa shape index (κ3) is 3.53. The van der Waals surface area contributed by atoms with Crippen LogP contribution in [-0.2, 0) is 23.7 Å². The Morgan fingerprint density at radius 3 is 2.85 bits per heavy atom. The average Bonchev–Trinajstić information content (AvgIpc) is 2.79. The van der Waals surface area contributed by atoms with E-state index in [1.807, 2.05) is 24.3 Å². The number of rotatable bonds is 6. The minimum absolute atomic E-state index is 0.000743. The molecule has 5 nitrogen and oxygen atoms in total. The van der Waals surface area contributed by atoms with E-state index in [1.165, 1.54) is 18.0 Å². The summed E-state index contributed by atoms with van der Waals surface area (Å²) >= 11 is 7.53. The van der Waals surface area contributed by atoms with Gasteiger partial charge in [0.2, 0.25) is 5.91 Å². The number of amides is 1. The van der Waals surface area contributed by atoms with Crippen LogP contribution in [0.3, 0.4) is 0 Å². The van der Waals surface area contributed by atoms with Crippen molar-refractivity contribution in [1.82, 2.24) is 9.55 Å². The highest BCUT2D eigenvalue weighted by Gasteiger charge is 2.12. The summed E-state index contributed by atoms with van der Waals surface area (Å²) in [5.74, 6) is 0.151. The van der Waals surface area contributed by atoms with Crippen LogP contribution in [0.2, 0.25) is 5.02 Å². The first-order valence-corrected chi connectivity index (χ1v) is 7.28. The molecular weight excluding hydrogens is 298 g/mol. The standard InChI is InChI=1S/C13H14ClN3O2S/c14-11-4-2-1-3-9(11)8-20-13-16-5-10(7-18)17(13)6-12(15)19/h1-5,18H,6-8H2,(H2,15,19). The number of aromatic nitrogens is 2. The second-order valence-corrected chi connectivity index (χ2v) is 5.47. The molecule has 0 radical (unpaired) electrons. The number of halogens is 1. The van der Waals surface area contributed by atoms with Crippen molar-refractivity contribution in [2.45, 2.75) is 24.1 Å². The number of aliphatic hydroxyl groups is 1. The smallest absolute Gasteiger partial charge is 0.237 e. The van der Waals surface area contributed by atoms with Crippen molar-refractivity contribution in [3.8, 4) is 0 Å². The fourth-order valence-electron chi connectivity index (χ4n) is 1.72. The molecule has 0 atom stereocenters. The number of hydrogen-bond acceptors (Lipinski definition) is 4. The predicted molar refractivity (Wildman–Crippen MR) is 78.4 cm³/mol. The number of imidazole rings is 1. The van der Waals surface area contributed by atoms with E-state index < -0.39 is 5.91 Å². The topological polar surface area (TPSA) is 81.1 Å². The van der Waals surface area contributed by atoms with Gasteiger partial charge in [-0.05, 0) is 11.6 Å². The van der Waals surface area contributed by atoms with Gasteiger partial charge in [-0.25, -0.2) is 4.98 Å². The fourth-order valence-corrected chi connectivity index (χ4v) is 3.00. The first kappa shape index (κ1) is 14.9. The molecule has 0 aliphatic heterocycles. The molecule has 2 aromatic rings. The largest absolute Gasteiger partial charge is 0.390 e. The Hall–Kier alpha value is -1.50. The van der Waals surface area contributed by atoms with E-state index in [2.05, 4.69) is 4.98 Å². The molecule has 0 saturated carbocycles. The van der Waals surface area contributed by atoms with Crippen LogP contribution in [0.5, 0.6) is 0 Å². The maximum absolute atomic E-state index is 11.1. The summed E-state index contributed by atoms with van der Waals surface area (Å²) in [5.41, 5.74) is 6.75. The minimum Gasteiger partial charge on any atom is -0.390 e. The Bertz CT molecular complexity index is 615. The molecule has 106 valence electrons. The molecule has 0 fully saturated rings. The number of nitrogens with zero attached hydrogens (tertiary/aromatic N) is 2. The fraction of sp³-hybridized carbons (Fsp3) is 0.231. The SMILES string of the molecule is NC(=O)Cn1c(CO)cnc1SCc1ccccc1Cl. The van der Waals surface area contributed by atoms with Gasteiger partial charge < -0.3 is 15.4 Å². The summed E-state index contributed by atoms with van der Waals surface area (Å²) in [6.07, 6.45) is 1.54. The second kappa shape index (κ2) is 6.78. The van der Waals surface area contributed by atoms with Gasteiger partial charge in [0.25, 0.3) is 0 Å². The van der Waals surface area contributed by atoms with Crippen LogP contribution < -0.4 is 5.73 Å². The summed E-state index contributed by atoms with van der Waals surface area (Å²) in [7, 11) is 0. The zero-order chi connectivity index (χ0) is 14.5. The highest BCUT2D eigenvalue weighted by Crippen LogP contribution is 2.26. The number of aliphatic hydroxyl groups excluding tert-OH is 1. The van der Waals surface area contributed by atoms with E-state index >= 15 is 0 Å². The summed E-state index contributed by atoms with van der Waals surface area (Å²) < 4.78 is 1.61. The molecule has 0 aliphatic carbocycles. The van der Waals surface area contributed by atoms with Gasteiger partial charge in [-0.3, -0.25) is 4.79 Å². The average molecular weight is 312 g/mol. The van der Waals surface area contributed by atoms with Crippen LogP contribution in [0.15, 0.2) is 35.6 Å². The van der Waals surface area contributed by atoms with Gasteiger partial charge in [0.15, 0.2) is 5.16 Å². The van der Waals surface area contributed by atoms with E-state index in [-0.39, 0.29) is 13.2 Å². The molecular formula is C13H14ClN3O2S. The van der Waals surface area contributed by atoms with Gasteiger partial charge in [-0.15, -0.1) is 0 Å². The lowest BCUT2D eigenvalue weighted by Gasteiger charge is -2.08. The van der Waals surface area contributed by atoms with Crippen molar-refractivity contribution < 1.29 is 9.90 Å². The lowest BCUT2D eigenvalue weighted by atomic mass is 10.2. The van der Waals surface area contributed by atoms with Crippen LogP contribution >= 0.6 is 23.4 Å². The molecule has 1 amide bonds. The maximum Gasteiger partial charge on any atom is 0.237 e. The molecule has 0 aliphatic rings. The molecule has 0 spiro atoms. The number of benzene rings is 1. The van der Waals surface area contributed by atoms with E-state index in [4.69, 9.17) is 17.3 Å². The molecule has 2 rings (SSSR count). The predicted octanol–water partition coefficient (Wildman–Crippen LogP) is 1.81. The molecule has 3 N–H and O–H groups in total. The van der Waals surface area contributed by atoms with Crippen LogP contribution in [0.4, 0.5) is 0 Å². The van der Waals surface area contributed by atoms with Gasteiger partial charge in [-0.1, -0.05) is 41.6 Å². The molecule has 1 aromatic heterocycles.